The van der Waals surface area contributed by atoms with E-state index in [2.05, 4.69) is 9.98 Å². The number of rotatable bonds is 3. The second-order valence-corrected chi connectivity index (χ2v) is 5.35. The van der Waals surface area contributed by atoms with Crippen LogP contribution in [0, 0.1) is 0 Å². The second kappa shape index (κ2) is 7.12. The van der Waals surface area contributed by atoms with Crippen LogP contribution in [0.5, 0.6) is 0 Å². The number of carbonyl (C=O) groups is 1. The molecule has 0 aliphatic rings. The number of hydrogen-bond donors (Lipinski definition) is 2. The van der Waals surface area contributed by atoms with Gasteiger partial charge in [-0.15, -0.1) is 0 Å². The van der Waals surface area contributed by atoms with Crippen molar-refractivity contribution < 1.29 is 22.7 Å². The van der Waals surface area contributed by atoms with Crippen LogP contribution in [-0.4, -0.2) is 28.6 Å². The first-order valence-electron chi connectivity index (χ1n) is 6.52. The summed E-state index contributed by atoms with van der Waals surface area (Å²) in [5.74, 6) is -0.176. The zero-order chi connectivity index (χ0) is 17.7. The van der Waals surface area contributed by atoms with Crippen molar-refractivity contribution in [3.8, 4) is 0 Å². The average Bonchev–Trinajstić information content (AvgIpc) is 2.40. The second-order valence-electron chi connectivity index (χ2n) is 5.35. The molecule has 0 spiro atoms. The van der Waals surface area contributed by atoms with E-state index in [0.29, 0.717) is 6.20 Å². The molecular formula is C14H17F3N4O2. The number of alkyl carbamates (subject to hydrolysis) is 1. The standard InChI is InChI=1S/C14H17F3N4O2/c1-13(2,3)23-12(22)20-9(8-18)11(14(15,16)17)21-10-6-4-5-7-19-10/h4-8H,18H2,1-3H3,(H,20,22). The van der Waals surface area contributed by atoms with E-state index in [9.17, 15) is 18.0 Å². The van der Waals surface area contributed by atoms with Crippen molar-refractivity contribution in [2.75, 3.05) is 0 Å². The van der Waals surface area contributed by atoms with E-state index in [1.165, 1.54) is 24.4 Å². The van der Waals surface area contributed by atoms with Crippen LogP contribution in [0.2, 0.25) is 0 Å². The van der Waals surface area contributed by atoms with Gasteiger partial charge < -0.3 is 10.5 Å². The van der Waals surface area contributed by atoms with Gasteiger partial charge in [0.2, 0.25) is 0 Å². The van der Waals surface area contributed by atoms with Crippen molar-refractivity contribution in [1.29, 1.82) is 0 Å². The van der Waals surface area contributed by atoms with Gasteiger partial charge in [-0.1, -0.05) is 6.07 Å². The molecule has 1 amide bonds. The van der Waals surface area contributed by atoms with E-state index in [4.69, 9.17) is 10.5 Å². The Labute approximate surface area is 131 Å². The number of pyridine rings is 1. The number of halogens is 3. The Morgan fingerprint density at radius 2 is 2.00 bits per heavy atom. The lowest BCUT2D eigenvalue weighted by Crippen LogP contribution is -2.38. The predicted molar refractivity (Wildman–Crippen MR) is 79.0 cm³/mol. The van der Waals surface area contributed by atoms with E-state index in [1.54, 1.807) is 20.8 Å². The number of hydrogen-bond acceptors (Lipinski definition) is 5. The van der Waals surface area contributed by atoms with Gasteiger partial charge in [-0.25, -0.2) is 14.8 Å². The Hall–Kier alpha value is -2.58. The van der Waals surface area contributed by atoms with Crippen molar-refractivity contribution in [1.82, 2.24) is 10.3 Å². The zero-order valence-electron chi connectivity index (χ0n) is 12.8. The van der Waals surface area contributed by atoms with Gasteiger partial charge in [0.25, 0.3) is 0 Å². The van der Waals surface area contributed by atoms with Gasteiger partial charge in [0, 0.05) is 12.4 Å². The molecule has 0 aliphatic heterocycles. The molecular weight excluding hydrogens is 313 g/mol. The number of carbonyl (C=O) groups excluding carboxylic acids is 1. The van der Waals surface area contributed by atoms with Crippen LogP contribution in [0.1, 0.15) is 20.8 Å². The molecule has 0 unspecified atom stereocenters. The molecule has 0 aliphatic carbocycles. The molecule has 0 radical (unpaired) electrons. The van der Waals surface area contributed by atoms with E-state index in [-0.39, 0.29) is 5.82 Å². The summed E-state index contributed by atoms with van der Waals surface area (Å²) in [7, 11) is 0. The molecule has 0 atom stereocenters. The van der Waals surface area contributed by atoms with Crippen molar-refractivity contribution >= 4 is 17.6 Å². The third-order valence-corrected chi connectivity index (χ3v) is 2.20. The SMILES string of the molecule is CC(C)(C)OC(=O)NC(=CN)C(=Nc1ccccn1)C(F)(F)F. The molecule has 0 aromatic carbocycles. The maximum absolute atomic E-state index is 13.2. The highest BCUT2D eigenvalue weighted by Gasteiger charge is 2.39. The Kier molecular flexibility index (Phi) is 5.72. The molecule has 1 aromatic rings. The van der Waals surface area contributed by atoms with Gasteiger partial charge in [0.15, 0.2) is 11.5 Å². The van der Waals surface area contributed by atoms with Gasteiger partial charge in [0.05, 0.1) is 5.70 Å². The number of ether oxygens (including phenoxy) is 1. The summed E-state index contributed by atoms with van der Waals surface area (Å²) in [6.45, 7) is 4.72. The van der Waals surface area contributed by atoms with Crippen LogP contribution < -0.4 is 11.1 Å². The molecule has 23 heavy (non-hydrogen) atoms. The molecule has 6 nitrogen and oxygen atoms in total. The average molecular weight is 330 g/mol. The number of allylic oxidation sites excluding steroid dienone is 1. The molecule has 0 saturated heterocycles. The van der Waals surface area contributed by atoms with Crippen LogP contribution in [-0.2, 0) is 4.74 Å². The zero-order valence-corrected chi connectivity index (χ0v) is 12.8. The van der Waals surface area contributed by atoms with Gasteiger partial charge in [-0.3, -0.25) is 5.32 Å². The molecule has 1 heterocycles. The van der Waals surface area contributed by atoms with Crippen molar-refractivity contribution in [3.05, 3.63) is 36.3 Å². The molecule has 1 aromatic heterocycles. The molecule has 0 bridgehead atoms. The number of aliphatic imine (C=N–C) groups is 1. The third kappa shape index (κ3) is 6.37. The topological polar surface area (TPSA) is 89.6 Å². The van der Waals surface area contributed by atoms with Gasteiger partial charge in [0.1, 0.15) is 5.60 Å². The monoisotopic (exact) mass is 330 g/mol. The number of nitrogens with two attached hydrogens (primary N) is 1. The minimum atomic E-state index is -4.85. The number of alkyl halides is 3. The van der Waals surface area contributed by atoms with E-state index in [1.807, 2.05) is 5.32 Å². The molecule has 0 fully saturated rings. The number of amides is 1. The number of nitrogens with zero attached hydrogens (tertiary/aromatic N) is 2. The number of aromatic nitrogens is 1. The normalized spacial score (nSPS) is 13.7. The molecule has 9 heteroatoms. The van der Waals surface area contributed by atoms with Crippen LogP contribution in [0.4, 0.5) is 23.8 Å². The van der Waals surface area contributed by atoms with Crippen molar-refractivity contribution in [3.63, 3.8) is 0 Å². The predicted octanol–water partition coefficient (Wildman–Crippen LogP) is 3.04. The minimum absolute atomic E-state index is 0.176. The lowest BCUT2D eigenvalue weighted by atomic mass is 10.2. The molecule has 1 rings (SSSR count). The molecule has 0 saturated carbocycles. The van der Waals surface area contributed by atoms with Crippen molar-refractivity contribution in [2.45, 2.75) is 32.5 Å². The first-order valence-corrected chi connectivity index (χ1v) is 6.52. The maximum atomic E-state index is 13.2. The quantitative estimate of drug-likeness (QED) is 0.834. The highest BCUT2D eigenvalue weighted by atomic mass is 19.4. The lowest BCUT2D eigenvalue weighted by molar-refractivity contribution is -0.0584. The Balaban J connectivity index is 3.11. The van der Waals surface area contributed by atoms with E-state index in [0.717, 1.165) is 0 Å². The smallest absolute Gasteiger partial charge is 0.435 e. The van der Waals surface area contributed by atoms with Crippen molar-refractivity contribution in [2.24, 2.45) is 10.7 Å². The Bertz CT molecular complexity index is 605. The Morgan fingerprint density at radius 3 is 2.43 bits per heavy atom. The summed E-state index contributed by atoms with van der Waals surface area (Å²) in [6, 6.07) is 4.30. The minimum Gasteiger partial charge on any atom is -0.444 e. The van der Waals surface area contributed by atoms with Crippen LogP contribution in [0.25, 0.3) is 0 Å². The van der Waals surface area contributed by atoms with Gasteiger partial charge in [-0.05, 0) is 32.9 Å². The van der Waals surface area contributed by atoms with Crippen LogP contribution >= 0.6 is 0 Å². The lowest BCUT2D eigenvalue weighted by Gasteiger charge is -2.21. The van der Waals surface area contributed by atoms with Gasteiger partial charge in [-0.2, -0.15) is 13.2 Å². The summed E-state index contributed by atoms with van der Waals surface area (Å²) in [4.78, 5) is 18.7. The van der Waals surface area contributed by atoms with E-state index < -0.39 is 29.3 Å². The summed E-state index contributed by atoms with van der Waals surface area (Å²) < 4.78 is 44.5. The highest BCUT2D eigenvalue weighted by Crippen LogP contribution is 2.24. The summed E-state index contributed by atoms with van der Waals surface area (Å²) in [5, 5.41) is 1.95. The fraction of sp³-hybridized carbons (Fsp3) is 0.357. The first-order chi connectivity index (χ1) is 10.5. The van der Waals surface area contributed by atoms with E-state index >= 15 is 0 Å². The fourth-order valence-electron chi connectivity index (χ4n) is 1.40. The summed E-state index contributed by atoms with van der Waals surface area (Å²) in [5.41, 5.74) is 2.22. The largest absolute Gasteiger partial charge is 0.444 e. The van der Waals surface area contributed by atoms with Crippen LogP contribution in [0.15, 0.2) is 41.3 Å². The highest BCUT2D eigenvalue weighted by molar-refractivity contribution is 6.06. The fourth-order valence-corrected chi connectivity index (χ4v) is 1.40. The molecule has 126 valence electrons. The number of nitrogens with one attached hydrogen (secondary N) is 1. The third-order valence-electron chi connectivity index (χ3n) is 2.20. The van der Waals surface area contributed by atoms with Crippen LogP contribution in [0.3, 0.4) is 0 Å². The molecule has 3 N–H and O–H groups in total. The maximum Gasteiger partial charge on any atom is 0.435 e. The van der Waals surface area contributed by atoms with Gasteiger partial charge >= 0.3 is 12.3 Å². The Morgan fingerprint density at radius 1 is 1.35 bits per heavy atom. The summed E-state index contributed by atoms with van der Waals surface area (Å²) in [6.07, 6.45) is -4.04. The summed E-state index contributed by atoms with van der Waals surface area (Å²) >= 11 is 0. The first kappa shape index (κ1) is 18.5.